The Morgan fingerprint density at radius 1 is 1.19 bits per heavy atom. The summed E-state index contributed by atoms with van der Waals surface area (Å²) in [4.78, 5) is 28.3. The highest BCUT2D eigenvalue weighted by atomic mass is 32.1. The molecule has 0 spiro atoms. The number of aromatic nitrogens is 2. The number of piperazine rings is 1. The molecule has 140 valence electrons. The zero-order valence-electron chi connectivity index (χ0n) is 15.6. The van der Waals surface area contributed by atoms with Crippen molar-refractivity contribution in [1.82, 2.24) is 14.9 Å². The van der Waals surface area contributed by atoms with Crippen molar-refractivity contribution in [1.29, 1.82) is 0 Å². The second-order valence-corrected chi connectivity index (χ2v) is 8.65. The first-order valence-electron chi connectivity index (χ1n) is 10.0. The molecule has 0 atom stereocenters. The van der Waals surface area contributed by atoms with Gasteiger partial charge >= 0.3 is 0 Å². The van der Waals surface area contributed by atoms with Crippen molar-refractivity contribution >= 4 is 33.3 Å². The molecule has 0 unspecified atom stereocenters. The third-order valence-electron chi connectivity index (χ3n) is 5.88. The van der Waals surface area contributed by atoms with Crippen molar-refractivity contribution in [3.8, 4) is 0 Å². The molecule has 1 saturated carbocycles. The van der Waals surface area contributed by atoms with E-state index in [1.54, 1.807) is 17.7 Å². The van der Waals surface area contributed by atoms with Crippen molar-refractivity contribution in [2.75, 3.05) is 31.1 Å². The van der Waals surface area contributed by atoms with Gasteiger partial charge in [-0.05, 0) is 24.8 Å². The van der Waals surface area contributed by atoms with E-state index in [0.717, 1.165) is 67.4 Å². The van der Waals surface area contributed by atoms with Gasteiger partial charge in [-0.3, -0.25) is 4.79 Å². The van der Waals surface area contributed by atoms with Crippen LogP contribution in [0.25, 0.3) is 10.2 Å². The van der Waals surface area contributed by atoms with E-state index in [4.69, 9.17) is 0 Å². The topological polar surface area (TPSA) is 49.3 Å². The normalized spacial score (nSPS) is 18.8. The largest absolute Gasteiger partial charge is 0.352 e. The molecule has 2 aromatic rings. The maximum Gasteiger partial charge on any atom is 0.222 e. The monoisotopic (exact) mass is 372 g/mol. The van der Waals surface area contributed by atoms with Gasteiger partial charge in [0, 0.05) is 37.5 Å². The zero-order chi connectivity index (χ0) is 17.9. The van der Waals surface area contributed by atoms with Crippen LogP contribution in [0.15, 0.2) is 12.4 Å². The van der Waals surface area contributed by atoms with E-state index < -0.39 is 0 Å². The number of carbonyl (C=O) groups excluding carboxylic acids is 1. The molecule has 3 heterocycles. The molecule has 26 heavy (non-hydrogen) atoms. The van der Waals surface area contributed by atoms with E-state index in [1.807, 2.05) is 0 Å². The van der Waals surface area contributed by atoms with Crippen molar-refractivity contribution in [3.05, 3.63) is 17.3 Å². The van der Waals surface area contributed by atoms with Crippen molar-refractivity contribution in [2.45, 2.75) is 51.9 Å². The third kappa shape index (κ3) is 3.70. The van der Waals surface area contributed by atoms with E-state index >= 15 is 0 Å². The SMILES string of the molecule is CCc1cc2c(N3CCN(C(=O)CCC4CCCC4)CC3)ncnc2s1. The fourth-order valence-electron chi connectivity index (χ4n) is 4.27. The minimum atomic E-state index is 0.341. The molecule has 1 amide bonds. The van der Waals surface area contributed by atoms with Crippen LogP contribution in [0.1, 0.15) is 50.3 Å². The number of carbonyl (C=O) groups is 1. The Kier molecular flexibility index (Phi) is 5.38. The summed E-state index contributed by atoms with van der Waals surface area (Å²) in [7, 11) is 0. The standard InChI is InChI=1S/C20H28N4OS/c1-2-16-13-17-19(21-14-22-20(17)26-16)24-11-9-23(10-12-24)18(25)8-7-15-5-3-4-6-15/h13-15H,2-12H2,1H3. The molecule has 0 bridgehead atoms. The molecular formula is C20H28N4OS. The van der Waals surface area contributed by atoms with Gasteiger partial charge in [0.25, 0.3) is 0 Å². The molecule has 1 aliphatic heterocycles. The van der Waals surface area contributed by atoms with E-state index in [2.05, 4.69) is 32.8 Å². The molecule has 0 N–H and O–H groups in total. The fraction of sp³-hybridized carbons (Fsp3) is 0.650. The van der Waals surface area contributed by atoms with Crippen LogP contribution in [0.3, 0.4) is 0 Å². The highest BCUT2D eigenvalue weighted by molar-refractivity contribution is 7.18. The lowest BCUT2D eigenvalue weighted by atomic mass is 10.0. The van der Waals surface area contributed by atoms with Crippen LogP contribution in [-0.2, 0) is 11.2 Å². The van der Waals surface area contributed by atoms with E-state index in [-0.39, 0.29) is 0 Å². The van der Waals surface area contributed by atoms with Crippen LogP contribution in [0, 0.1) is 5.92 Å². The average molecular weight is 373 g/mol. The molecule has 6 heteroatoms. The summed E-state index contributed by atoms with van der Waals surface area (Å²) in [6.45, 7) is 5.50. The van der Waals surface area contributed by atoms with Gasteiger partial charge in [0.1, 0.15) is 17.0 Å². The Balaban J connectivity index is 1.36. The Labute approximate surface area is 159 Å². The highest BCUT2D eigenvalue weighted by Gasteiger charge is 2.24. The molecule has 1 aliphatic carbocycles. The van der Waals surface area contributed by atoms with Crippen LogP contribution in [0.5, 0.6) is 0 Å². The summed E-state index contributed by atoms with van der Waals surface area (Å²) in [5.41, 5.74) is 0. The lowest BCUT2D eigenvalue weighted by Crippen LogP contribution is -2.49. The van der Waals surface area contributed by atoms with Crippen molar-refractivity contribution in [2.24, 2.45) is 5.92 Å². The summed E-state index contributed by atoms with van der Waals surface area (Å²) in [5.74, 6) is 2.16. The van der Waals surface area contributed by atoms with E-state index in [1.165, 1.54) is 30.6 Å². The second-order valence-electron chi connectivity index (χ2n) is 7.54. The van der Waals surface area contributed by atoms with Crippen LogP contribution in [0.2, 0.25) is 0 Å². The zero-order valence-corrected chi connectivity index (χ0v) is 16.4. The number of nitrogens with zero attached hydrogens (tertiary/aromatic N) is 4. The van der Waals surface area contributed by atoms with Gasteiger partial charge in [0.05, 0.1) is 5.39 Å². The van der Waals surface area contributed by atoms with E-state index in [0.29, 0.717) is 5.91 Å². The number of amides is 1. The first-order chi connectivity index (χ1) is 12.7. The number of aryl methyl sites for hydroxylation is 1. The molecule has 1 saturated heterocycles. The summed E-state index contributed by atoms with van der Waals surface area (Å²) >= 11 is 1.76. The average Bonchev–Trinajstić information content (AvgIpc) is 3.35. The quantitative estimate of drug-likeness (QED) is 0.799. The first-order valence-corrected chi connectivity index (χ1v) is 10.8. The Morgan fingerprint density at radius 2 is 1.96 bits per heavy atom. The van der Waals surface area contributed by atoms with Crippen LogP contribution < -0.4 is 4.90 Å². The number of rotatable bonds is 5. The summed E-state index contributed by atoms with van der Waals surface area (Å²) < 4.78 is 0. The number of hydrogen-bond donors (Lipinski definition) is 0. The van der Waals surface area contributed by atoms with Gasteiger partial charge in [-0.1, -0.05) is 32.6 Å². The molecule has 5 nitrogen and oxygen atoms in total. The van der Waals surface area contributed by atoms with Gasteiger partial charge < -0.3 is 9.80 Å². The van der Waals surface area contributed by atoms with Gasteiger partial charge in [-0.2, -0.15) is 0 Å². The lowest BCUT2D eigenvalue weighted by molar-refractivity contribution is -0.131. The van der Waals surface area contributed by atoms with E-state index in [9.17, 15) is 4.79 Å². The molecule has 2 aliphatic rings. The molecule has 2 aromatic heterocycles. The van der Waals surface area contributed by atoms with Crippen LogP contribution in [-0.4, -0.2) is 47.0 Å². The van der Waals surface area contributed by atoms with Gasteiger partial charge in [0.15, 0.2) is 0 Å². The summed E-state index contributed by atoms with van der Waals surface area (Å²) in [6, 6.07) is 2.23. The summed E-state index contributed by atoms with van der Waals surface area (Å²) in [6.07, 6.45) is 9.88. The Morgan fingerprint density at radius 3 is 2.69 bits per heavy atom. The lowest BCUT2D eigenvalue weighted by Gasteiger charge is -2.35. The maximum atomic E-state index is 12.5. The first kappa shape index (κ1) is 17.7. The Bertz CT molecular complexity index is 760. The minimum Gasteiger partial charge on any atom is -0.352 e. The van der Waals surface area contributed by atoms with Gasteiger partial charge in [-0.25, -0.2) is 9.97 Å². The number of hydrogen-bond acceptors (Lipinski definition) is 5. The maximum absolute atomic E-state index is 12.5. The smallest absolute Gasteiger partial charge is 0.222 e. The predicted octanol–water partition coefficient (Wildman–Crippen LogP) is 3.87. The van der Waals surface area contributed by atoms with Crippen LogP contribution >= 0.6 is 11.3 Å². The van der Waals surface area contributed by atoms with Crippen molar-refractivity contribution in [3.63, 3.8) is 0 Å². The number of fused-ring (bicyclic) bond motifs is 1. The Hall–Kier alpha value is -1.69. The van der Waals surface area contributed by atoms with Crippen LogP contribution in [0.4, 0.5) is 5.82 Å². The molecule has 4 rings (SSSR count). The second kappa shape index (κ2) is 7.91. The minimum absolute atomic E-state index is 0.341. The predicted molar refractivity (Wildman–Crippen MR) is 107 cm³/mol. The highest BCUT2D eigenvalue weighted by Crippen LogP contribution is 2.31. The molecule has 2 fully saturated rings. The number of anilines is 1. The fourth-order valence-corrected chi connectivity index (χ4v) is 5.20. The molecule has 0 aromatic carbocycles. The summed E-state index contributed by atoms with van der Waals surface area (Å²) in [5, 5.41) is 1.16. The van der Waals surface area contributed by atoms with Crippen molar-refractivity contribution < 1.29 is 4.79 Å². The third-order valence-corrected chi connectivity index (χ3v) is 7.07. The van der Waals surface area contributed by atoms with Gasteiger partial charge in [0.2, 0.25) is 5.91 Å². The molecular weight excluding hydrogens is 344 g/mol. The molecule has 0 radical (unpaired) electrons. The van der Waals surface area contributed by atoms with Gasteiger partial charge in [-0.15, -0.1) is 11.3 Å². The number of thiophene rings is 1.